The maximum absolute atomic E-state index is 14.2. The largest absolute Gasteiger partial charge is 0.419 e. The van der Waals surface area contributed by atoms with Crippen LogP contribution in [0.5, 0.6) is 0 Å². The van der Waals surface area contributed by atoms with E-state index in [-0.39, 0.29) is 42.5 Å². The van der Waals surface area contributed by atoms with Gasteiger partial charge in [-0.1, -0.05) is 35.3 Å². The summed E-state index contributed by atoms with van der Waals surface area (Å²) in [4.78, 5) is 18.6. The number of rotatable bonds is 6. The van der Waals surface area contributed by atoms with Crippen molar-refractivity contribution in [3.8, 4) is 0 Å². The van der Waals surface area contributed by atoms with E-state index in [1.807, 2.05) is 15.9 Å². The van der Waals surface area contributed by atoms with Crippen LogP contribution in [-0.2, 0) is 27.4 Å². The van der Waals surface area contributed by atoms with E-state index in [0.29, 0.717) is 41.8 Å². The number of amides is 1. The van der Waals surface area contributed by atoms with Gasteiger partial charge in [-0.15, -0.1) is 0 Å². The molecule has 2 aliphatic rings. The molecule has 2 fully saturated rings. The van der Waals surface area contributed by atoms with E-state index < -0.39 is 27.4 Å². The molecule has 2 unspecified atom stereocenters. The molecule has 0 saturated carbocycles. The minimum absolute atomic E-state index is 0.0151. The highest BCUT2D eigenvalue weighted by Gasteiger charge is 2.39. The Balaban J connectivity index is 1.52. The molecule has 2 heterocycles. The fourth-order valence-corrected chi connectivity index (χ4v) is 6.58. The van der Waals surface area contributed by atoms with E-state index in [1.165, 1.54) is 6.07 Å². The van der Waals surface area contributed by atoms with Gasteiger partial charge in [-0.2, -0.15) is 13.2 Å². The topological polar surface area (TPSA) is 60.9 Å². The van der Waals surface area contributed by atoms with Gasteiger partial charge in [-0.25, -0.2) is 12.8 Å². The second-order valence-electron chi connectivity index (χ2n) is 9.80. The number of carbonyl (C=O) groups is 1. The highest BCUT2D eigenvalue weighted by molar-refractivity contribution is 7.91. The summed E-state index contributed by atoms with van der Waals surface area (Å²) in [5.74, 6) is -1.65. The van der Waals surface area contributed by atoms with E-state index in [1.54, 1.807) is 24.1 Å². The first-order valence-electron chi connectivity index (χ1n) is 11.9. The van der Waals surface area contributed by atoms with Gasteiger partial charge < -0.3 is 4.90 Å². The molecule has 2 saturated heterocycles. The zero-order valence-electron chi connectivity index (χ0n) is 20.5. The molecule has 0 aliphatic carbocycles. The maximum Gasteiger partial charge on any atom is 0.419 e. The van der Waals surface area contributed by atoms with E-state index in [4.69, 9.17) is 23.2 Å². The number of hydrogen-bond acceptors (Lipinski definition) is 5. The van der Waals surface area contributed by atoms with Crippen molar-refractivity contribution < 1.29 is 30.8 Å². The summed E-state index contributed by atoms with van der Waals surface area (Å²) in [6.45, 7) is 1.52. The normalized spacial score (nSPS) is 22.3. The predicted octanol–water partition coefficient (Wildman–Crippen LogP) is 4.31. The van der Waals surface area contributed by atoms with Gasteiger partial charge in [0.15, 0.2) is 9.84 Å². The molecule has 208 valence electrons. The number of benzene rings is 2. The average Bonchev–Trinajstić information content (AvgIpc) is 3.27. The number of likely N-dealkylation sites (N-methyl/N-ethyl adjacent to an activating group) is 1. The molecule has 13 heteroatoms. The van der Waals surface area contributed by atoms with Crippen LogP contribution < -0.4 is 0 Å². The third-order valence-electron chi connectivity index (χ3n) is 7.15. The molecule has 0 spiro atoms. The van der Waals surface area contributed by atoms with Crippen molar-refractivity contribution in [1.82, 2.24) is 14.7 Å². The first kappa shape index (κ1) is 29.1. The van der Waals surface area contributed by atoms with Crippen molar-refractivity contribution in [1.29, 1.82) is 0 Å². The number of likely N-dealkylation sites (tertiary alicyclic amines) is 1. The summed E-state index contributed by atoms with van der Waals surface area (Å²) in [6, 6.07) is 7.84. The Hall–Kier alpha value is -1.92. The molecule has 0 bridgehead atoms. The third kappa shape index (κ3) is 6.80. The molecule has 2 aliphatic heterocycles. The number of halogens is 6. The summed E-state index contributed by atoms with van der Waals surface area (Å²) in [5, 5.41) is 0.737. The lowest BCUT2D eigenvalue weighted by molar-refractivity contribution is -0.140. The molecule has 38 heavy (non-hydrogen) atoms. The van der Waals surface area contributed by atoms with Crippen LogP contribution in [0.1, 0.15) is 22.6 Å². The minimum atomic E-state index is -4.78. The van der Waals surface area contributed by atoms with Gasteiger partial charge in [-0.3, -0.25) is 14.6 Å². The number of hydrogen-bond donors (Lipinski definition) is 0. The average molecular weight is 596 g/mol. The van der Waals surface area contributed by atoms with Crippen molar-refractivity contribution in [2.45, 2.75) is 24.7 Å². The van der Waals surface area contributed by atoms with Crippen molar-refractivity contribution in [3.05, 3.63) is 69.0 Å². The van der Waals surface area contributed by atoms with Crippen LogP contribution in [0.2, 0.25) is 10.0 Å². The Bertz CT molecular complexity index is 1300. The Morgan fingerprint density at radius 1 is 1.05 bits per heavy atom. The third-order valence-corrected chi connectivity index (χ3v) is 9.49. The molecule has 0 N–H and O–H groups in total. The van der Waals surface area contributed by atoms with E-state index in [2.05, 4.69) is 0 Å². The number of nitrogens with zero attached hydrogens (tertiary/aromatic N) is 3. The molecule has 4 rings (SSSR count). The van der Waals surface area contributed by atoms with Gasteiger partial charge in [0.2, 0.25) is 5.91 Å². The highest BCUT2D eigenvalue weighted by atomic mass is 35.5. The Kier molecular flexibility index (Phi) is 8.64. The maximum atomic E-state index is 14.2. The lowest BCUT2D eigenvalue weighted by atomic mass is 9.93. The highest BCUT2D eigenvalue weighted by Crippen LogP contribution is 2.36. The number of alkyl halides is 3. The van der Waals surface area contributed by atoms with Crippen LogP contribution in [0.4, 0.5) is 17.6 Å². The zero-order chi connectivity index (χ0) is 27.8. The fourth-order valence-electron chi connectivity index (χ4n) is 5.00. The predicted molar refractivity (Wildman–Crippen MR) is 138 cm³/mol. The molecule has 0 aromatic heterocycles. The zero-order valence-corrected chi connectivity index (χ0v) is 22.8. The molecular weight excluding hydrogens is 569 g/mol. The molecule has 1 amide bonds. The van der Waals surface area contributed by atoms with E-state index in [0.717, 1.165) is 17.7 Å². The van der Waals surface area contributed by atoms with Gasteiger partial charge >= 0.3 is 6.18 Å². The Morgan fingerprint density at radius 2 is 1.74 bits per heavy atom. The monoisotopic (exact) mass is 595 g/mol. The lowest BCUT2D eigenvalue weighted by Crippen LogP contribution is -2.46. The summed E-state index contributed by atoms with van der Waals surface area (Å²) in [5.41, 5.74) is -0.111. The van der Waals surface area contributed by atoms with Crippen LogP contribution in [0, 0.1) is 5.82 Å². The summed E-state index contributed by atoms with van der Waals surface area (Å²) < 4.78 is 76.5. The first-order valence-corrected chi connectivity index (χ1v) is 14.5. The summed E-state index contributed by atoms with van der Waals surface area (Å²) in [6.07, 6.45) is -4.78. The standard InChI is InChI=1S/C25H27Cl2F4N3O3S/c1-32(12-16-2-4-19(22(28)10-16)25(29,30)31)23-14-34(13-18(23)17-3-5-20(26)21(27)11-17)24(35)15-33-6-8-38(36,37)9-7-33/h2-5,10-11,18,23H,6-9,12-15H2,1H3. The van der Waals surface area contributed by atoms with Crippen LogP contribution in [0.25, 0.3) is 0 Å². The molecule has 2 atom stereocenters. The quantitative estimate of drug-likeness (QED) is 0.466. The minimum Gasteiger partial charge on any atom is -0.339 e. The molecule has 2 aromatic carbocycles. The fraction of sp³-hybridized carbons (Fsp3) is 0.480. The smallest absolute Gasteiger partial charge is 0.339 e. The lowest BCUT2D eigenvalue weighted by Gasteiger charge is -2.29. The van der Waals surface area contributed by atoms with Gasteiger partial charge in [0.1, 0.15) is 5.82 Å². The molecule has 0 radical (unpaired) electrons. The van der Waals surface area contributed by atoms with E-state index >= 15 is 0 Å². The molecular formula is C25H27Cl2F4N3O3S. The summed E-state index contributed by atoms with van der Waals surface area (Å²) >= 11 is 12.3. The molecule has 6 nitrogen and oxygen atoms in total. The van der Waals surface area contributed by atoms with E-state index in [9.17, 15) is 30.8 Å². The first-order chi connectivity index (χ1) is 17.7. The number of sulfone groups is 1. The van der Waals surface area contributed by atoms with Gasteiger partial charge in [0.05, 0.1) is 33.7 Å². The van der Waals surface area contributed by atoms with Gasteiger partial charge in [0.25, 0.3) is 0 Å². The van der Waals surface area contributed by atoms with Crippen molar-refractivity contribution in [3.63, 3.8) is 0 Å². The number of carbonyl (C=O) groups excluding carboxylic acids is 1. The second-order valence-corrected chi connectivity index (χ2v) is 12.9. The van der Waals surface area contributed by atoms with Crippen LogP contribution in [0.15, 0.2) is 36.4 Å². The van der Waals surface area contributed by atoms with Crippen LogP contribution in [-0.4, -0.2) is 86.3 Å². The van der Waals surface area contributed by atoms with Crippen molar-refractivity contribution >= 4 is 38.9 Å². The SMILES string of the molecule is CN(Cc1ccc(C(F)(F)F)c(F)c1)C1CN(C(=O)CN2CCS(=O)(=O)CC2)CC1c1ccc(Cl)c(Cl)c1. The van der Waals surface area contributed by atoms with Crippen molar-refractivity contribution in [2.75, 3.05) is 51.3 Å². The van der Waals surface area contributed by atoms with Gasteiger partial charge in [-0.05, 0) is 42.4 Å². The molecule has 2 aromatic rings. The van der Waals surface area contributed by atoms with Crippen molar-refractivity contribution in [2.24, 2.45) is 0 Å². The van der Waals surface area contributed by atoms with Crippen LogP contribution >= 0.6 is 23.2 Å². The van der Waals surface area contributed by atoms with Crippen LogP contribution in [0.3, 0.4) is 0 Å². The Labute approximate surface area is 229 Å². The second kappa shape index (κ2) is 11.3. The van der Waals surface area contributed by atoms with Gasteiger partial charge in [0, 0.05) is 44.7 Å². The Morgan fingerprint density at radius 3 is 2.34 bits per heavy atom. The summed E-state index contributed by atoms with van der Waals surface area (Å²) in [7, 11) is -1.30.